The monoisotopic (exact) mass is 228 g/mol. The van der Waals surface area contributed by atoms with Crippen LogP contribution in [0, 0.1) is 0 Å². The first-order valence-corrected chi connectivity index (χ1v) is 5.60. The number of benzene rings is 1. The summed E-state index contributed by atoms with van der Waals surface area (Å²) in [6.45, 7) is 0.546. The average molecular weight is 229 g/mol. The lowest BCUT2D eigenvalue weighted by molar-refractivity contribution is -0.137. The molecule has 0 spiro atoms. The van der Waals surface area contributed by atoms with Crippen LogP contribution < -0.4 is 0 Å². The maximum Gasteiger partial charge on any atom is 0.319 e. The summed E-state index contributed by atoms with van der Waals surface area (Å²) in [4.78, 5) is 12.2. The molecule has 0 bridgehead atoms. The second kappa shape index (κ2) is 4.24. The highest BCUT2D eigenvalue weighted by molar-refractivity contribution is 8.00. The zero-order chi connectivity index (χ0) is 9.97. The lowest BCUT2D eigenvalue weighted by Gasteiger charge is -2.04. The molecule has 1 aromatic rings. The van der Waals surface area contributed by atoms with Gasteiger partial charge in [0.15, 0.2) is 0 Å². The lowest BCUT2D eigenvalue weighted by atomic mass is 10.4. The van der Waals surface area contributed by atoms with Crippen LogP contribution in [0.3, 0.4) is 0 Å². The van der Waals surface area contributed by atoms with E-state index in [9.17, 15) is 4.79 Å². The normalized spacial score (nSPS) is 20.9. The van der Waals surface area contributed by atoms with Gasteiger partial charge in [0.1, 0.15) is 5.25 Å². The fourth-order valence-electron chi connectivity index (χ4n) is 1.26. The van der Waals surface area contributed by atoms with E-state index in [1.165, 1.54) is 11.8 Å². The molecule has 1 aliphatic heterocycles. The van der Waals surface area contributed by atoms with Gasteiger partial charge in [-0.1, -0.05) is 11.6 Å². The number of rotatable bonds is 2. The van der Waals surface area contributed by atoms with Gasteiger partial charge in [0.05, 0.1) is 6.61 Å². The van der Waals surface area contributed by atoms with Gasteiger partial charge in [-0.15, -0.1) is 11.8 Å². The van der Waals surface area contributed by atoms with Crippen molar-refractivity contribution < 1.29 is 9.53 Å². The molecule has 0 aliphatic carbocycles. The summed E-state index contributed by atoms with van der Waals surface area (Å²) >= 11 is 7.29. The average Bonchev–Trinajstić information content (AvgIpc) is 2.56. The summed E-state index contributed by atoms with van der Waals surface area (Å²) in [5.41, 5.74) is 0. The van der Waals surface area contributed by atoms with Crippen LogP contribution >= 0.6 is 23.4 Å². The Morgan fingerprint density at radius 1 is 1.36 bits per heavy atom. The fraction of sp³-hybridized carbons (Fsp3) is 0.300. The minimum atomic E-state index is -0.107. The van der Waals surface area contributed by atoms with E-state index in [0.717, 1.165) is 11.3 Å². The number of ether oxygens (including phenoxy) is 1. The molecule has 2 nitrogen and oxygen atoms in total. The third kappa shape index (κ3) is 2.22. The molecule has 1 aliphatic rings. The van der Waals surface area contributed by atoms with E-state index in [4.69, 9.17) is 16.3 Å². The molecule has 0 amide bonds. The largest absolute Gasteiger partial charge is 0.465 e. The molecule has 2 rings (SSSR count). The highest BCUT2D eigenvalue weighted by atomic mass is 35.5. The van der Waals surface area contributed by atoms with Crippen molar-refractivity contribution in [3.63, 3.8) is 0 Å². The number of hydrogen-bond acceptors (Lipinski definition) is 3. The van der Waals surface area contributed by atoms with Crippen molar-refractivity contribution >= 4 is 29.3 Å². The van der Waals surface area contributed by atoms with Crippen LogP contribution in [-0.4, -0.2) is 17.8 Å². The Balaban J connectivity index is 2.03. The molecule has 14 heavy (non-hydrogen) atoms. The molecule has 74 valence electrons. The number of carbonyl (C=O) groups excluding carboxylic acids is 1. The van der Waals surface area contributed by atoms with E-state index in [1.54, 1.807) is 0 Å². The quantitative estimate of drug-likeness (QED) is 0.729. The number of thioether (sulfide) groups is 1. The van der Waals surface area contributed by atoms with Crippen molar-refractivity contribution in [2.45, 2.75) is 16.6 Å². The van der Waals surface area contributed by atoms with Gasteiger partial charge in [0.25, 0.3) is 0 Å². The number of carbonyl (C=O) groups is 1. The third-order valence-corrected chi connectivity index (χ3v) is 3.49. The van der Waals surface area contributed by atoms with Gasteiger partial charge in [-0.3, -0.25) is 4.79 Å². The molecule has 1 atom stereocenters. The molecular formula is C10H9ClO2S. The maximum atomic E-state index is 11.2. The van der Waals surface area contributed by atoms with Crippen molar-refractivity contribution in [2.24, 2.45) is 0 Å². The van der Waals surface area contributed by atoms with Crippen LogP contribution in [0.15, 0.2) is 29.2 Å². The van der Waals surface area contributed by atoms with E-state index in [2.05, 4.69) is 0 Å². The first kappa shape index (κ1) is 9.87. The van der Waals surface area contributed by atoms with E-state index >= 15 is 0 Å². The van der Waals surface area contributed by atoms with Gasteiger partial charge < -0.3 is 4.74 Å². The highest BCUT2D eigenvalue weighted by Gasteiger charge is 2.27. The number of esters is 1. The summed E-state index contributed by atoms with van der Waals surface area (Å²) in [6.07, 6.45) is 0.798. The summed E-state index contributed by atoms with van der Waals surface area (Å²) in [5.74, 6) is -0.107. The van der Waals surface area contributed by atoms with Crippen molar-refractivity contribution in [1.82, 2.24) is 0 Å². The number of hydrogen-bond donors (Lipinski definition) is 0. The maximum absolute atomic E-state index is 11.2. The summed E-state index contributed by atoms with van der Waals surface area (Å²) < 4.78 is 4.88. The van der Waals surface area contributed by atoms with E-state index in [-0.39, 0.29) is 11.2 Å². The zero-order valence-corrected chi connectivity index (χ0v) is 8.98. The van der Waals surface area contributed by atoms with E-state index in [1.807, 2.05) is 24.3 Å². The van der Waals surface area contributed by atoms with Gasteiger partial charge in [-0.05, 0) is 24.3 Å². The smallest absolute Gasteiger partial charge is 0.319 e. The van der Waals surface area contributed by atoms with Crippen LogP contribution in [-0.2, 0) is 9.53 Å². The van der Waals surface area contributed by atoms with Crippen LogP contribution in [0.1, 0.15) is 6.42 Å². The van der Waals surface area contributed by atoms with E-state index < -0.39 is 0 Å². The molecule has 0 N–H and O–H groups in total. The topological polar surface area (TPSA) is 26.3 Å². The molecule has 1 fully saturated rings. The Morgan fingerprint density at radius 3 is 2.64 bits per heavy atom. The fourth-order valence-corrected chi connectivity index (χ4v) is 2.39. The molecule has 4 heteroatoms. The highest BCUT2D eigenvalue weighted by Crippen LogP contribution is 2.29. The Labute approximate surface area is 91.6 Å². The molecule has 0 saturated carbocycles. The Morgan fingerprint density at radius 2 is 2.07 bits per heavy atom. The molecule has 1 heterocycles. The van der Waals surface area contributed by atoms with Crippen molar-refractivity contribution in [3.05, 3.63) is 29.3 Å². The second-order valence-corrected chi connectivity index (χ2v) is 4.73. The first-order valence-electron chi connectivity index (χ1n) is 4.34. The van der Waals surface area contributed by atoms with E-state index in [0.29, 0.717) is 11.6 Å². The molecule has 1 saturated heterocycles. The summed E-state index contributed by atoms with van der Waals surface area (Å²) in [7, 11) is 0. The van der Waals surface area contributed by atoms with Crippen LogP contribution in [0.4, 0.5) is 0 Å². The van der Waals surface area contributed by atoms with Crippen LogP contribution in [0.5, 0.6) is 0 Å². The van der Waals surface area contributed by atoms with Crippen molar-refractivity contribution in [1.29, 1.82) is 0 Å². The zero-order valence-electron chi connectivity index (χ0n) is 7.40. The second-order valence-electron chi connectivity index (χ2n) is 3.02. The molecule has 0 aromatic heterocycles. The third-order valence-electron chi connectivity index (χ3n) is 1.98. The van der Waals surface area contributed by atoms with Gasteiger partial charge in [-0.2, -0.15) is 0 Å². The van der Waals surface area contributed by atoms with Gasteiger partial charge in [-0.25, -0.2) is 0 Å². The first-order chi connectivity index (χ1) is 6.75. The summed E-state index contributed by atoms with van der Waals surface area (Å²) in [5, 5.41) is 0.666. The predicted molar refractivity (Wildman–Crippen MR) is 56.7 cm³/mol. The van der Waals surface area contributed by atoms with Gasteiger partial charge in [0.2, 0.25) is 0 Å². The van der Waals surface area contributed by atoms with Crippen molar-refractivity contribution in [2.75, 3.05) is 6.61 Å². The molecule has 1 unspecified atom stereocenters. The van der Waals surface area contributed by atoms with Gasteiger partial charge >= 0.3 is 5.97 Å². The van der Waals surface area contributed by atoms with Crippen molar-refractivity contribution in [3.8, 4) is 0 Å². The van der Waals surface area contributed by atoms with Gasteiger partial charge in [0, 0.05) is 16.3 Å². The standard InChI is InChI=1S/C10H9ClO2S/c11-7-1-3-8(4-2-7)14-9-5-6-13-10(9)12/h1-4,9H,5-6H2. The molecule has 1 aromatic carbocycles. The predicted octanol–water partition coefficient (Wildman–Crippen LogP) is 2.75. The molecule has 0 radical (unpaired) electrons. The summed E-state index contributed by atoms with van der Waals surface area (Å²) in [6, 6.07) is 7.48. The SMILES string of the molecule is O=C1OCCC1Sc1ccc(Cl)cc1. The lowest BCUT2D eigenvalue weighted by Crippen LogP contribution is -2.08. The minimum absolute atomic E-state index is 0.0452. The number of cyclic esters (lactones) is 1. The minimum Gasteiger partial charge on any atom is -0.465 e. The Bertz CT molecular complexity index is 336. The Kier molecular flexibility index (Phi) is 2.99. The molecular weight excluding hydrogens is 220 g/mol. The van der Waals surface area contributed by atoms with Crippen LogP contribution in [0.2, 0.25) is 5.02 Å². The van der Waals surface area contributed by atoms with Crippen LogP contribution in [0.25, 0.3) is 0 Å². The Hall–Kier alpha value is -0.670. The number of halogens is 1.